The normalized spacial score (nSPS) is 23.5. The Balaban J connectivity index is 1.59. The second-order valence-corrected chi connectivity index (χ2v) is 6.60. The molecule has 2 aliphatic rings. The number of piperidine rings is 1. The Morgan fingerprint density at radius 1 is 1.19 bits per heavy atom. The first-order valence-electron chi connectivity index (χ1n) is 8.29. The predicted octanol–water partition coefficient (Wildman–Crippen LogP) is 2.83. The zero-order valence-electron chi connectivity index (χ0n) is 13.1. The number of nitrogens with zero attached hydrogens (tertiary/aromatic N) is 2. The Bertz CT molecular complexity index is 494. The molecule has 0 bridgehead atoms. The maximum absolute atomic E-state index is 12.6. The SMILES string of the molecule is Cc1cccc(CN2CCC[C@@H](C(=O)N3CCCC3)C2)c1. The molecule has 1 aromatic carbocycles. The molecule has 2 heterocycles. The molecule has 1 atom stereocenters. The van der Waals surface area contributed by atoms with Gasteiger partial charge in [-0.25, -0.2) is 0 Å². The van der Waals surface area contributed by atoms with Gasteiger partial charge in [-0.05, 0) is 44.7 Å². The van der Waals surface area contributed by atoms with Crippen molar-refractivity contribution in [3.05, 3.63) is 35.4 Å². The highest BCUT2D eigenvalue weighted by Crippen LogP contribution is 2.22. The summed E-state index contributed by atoms with van der Waals surface area (Å²) in [4.78, 5) is 17.1. The summed E-state index contributed by atoms with van der Waals surface area (Å²) in [5, 5.41) is 0. The van der Waals surface area contributed by atoms with Crippen LogP contribution in [0.15, 0.2) is 24.3 Å². The lowest BCUT2D eigenvalue weighted by Crippen LogP contribution is -2.43. The molecule has 114 valence electrons. The smallest absolute Gasteiger partial charge is 0.226 e. The molecule has 2 fully saturated rings. The summed E-state index contributed by atoms with van der Waals surface area (Å²) in [6.07, 6.45) is 4.59. The monoisotopic (exact) mass is 286 g/mol. The summed E-state index contributed by atoms with van der Waals surface area (Å²) in [5.74, 6) is 0.628. The number of aryl methyl sites for hydroxylation is 1. The van der Waals surface area contributed by atoms with Crippen LogP contribution in [-0.4, -0.2) is 41.9 Å². The van der Waals surface area contributed by atoms with Crippen LogP contribution in [0.25, 0.3) is 0 Å². The Morgan fingerprint density at radius 3 is 2.76 bits per heavy atom. The van der Waals surface area contributed by atoms with E-state index in [1.54, 1.807) is 0 Å². The molecule has 2 aliphatic heterocycles. The molecule has 0 spiro atoms. The van der Waals surface area contributed by atoms with E-state index >= 15 is 0 Å². The van der Waals surface area contributed by atoms with Crippen LogP contribution in [0.3, 0.4) is 0 Å². The predicted molar refractivity (Wildman–Crippen MR) is 85.0 cm³/mol. The van der Waals surface area contributed by atoms with E-state index in [1.807, 2.05) is 0 Å². The van der Waals surface area contributed by atoms with Crippen LogP contribution < -0.4 is 0 Å². The molecule has 0 aliphatic carbocycles. The van der Waals surface area contributed by atoms with Gasteiger partial charge >= 0.3 is 0 Å². The van der Waals surface area contributed by atoms with Crippen LogP contribution in [-0.2, 0) is 11.3 Å². The van der Waals surface area contributed by atoms with E-state index in [2.05, 4.69) is 41.0 Å². The van der Waals surface area contributed by atoms with Crippen molar-refractivity contribution >= 4 is 5.91 Å². The Kier molecular flexibility index (Phi) is 4.59. The van der Waals surface area contributed by atoms with Crippen molar-refractivity contribution < 1.29 is 4.79 Å². The van der Waals surface area contributed by atoms with Gasteiger partial charge in [-0.3, -0.25) is 9.69 Å². The maximum Gasteiger partial charge on any atom is 0.226 e. The summed E-state index contributed by atoms with van der Waals surface area (Å²) in [7, 11) is 0. The number of hydrogen-bond acceptors (Lipinski definition) is 2. The van der Waals surface area contributed by atoms with Crippen LogP contribution in [0, 0.1) is 12.8 Å². The molecule has 0 unspecified atom stereocenters. The van der Waals surface area contributed by atoms with E-state index in [1.165, 1.54) is 24.0 Å². The number of rotatable bonds is 3. The molecular formula is C18H26N2O. The van der Waals surface area contributed by atoms with E-state index in [9.17, 15) is 4.79 Å². The van der Waals surface area contributed by atoms with Gasteiger partial charge in [-0.2, -0.15) is 0 Å². The van der Waals surface area contributed by atoms with Crippen molar-refractivity contribution in [3.8, 4) is 0 Å². The fraction of sp³-hybridized carbons (Fsp3) is 0.611. The number of amides is 1. The van der Waals surface area contributed by atoms with Crippen molar-refractivity contribution in [2.24, 2.45) is 5.92 Å². The first kappa shape index (κ1) is 14.6. The Hall–Kier alpha value is -1.35. The molecule has 0 N–H and O–H groups in total. The number of benzene rings is 1. The van der Waals surface area contributed by atoms with Crippen molar-refractivity contribution in [2.75, 3.05) is 26.2 Å². The van der Waals surface area contributed by atoms with Crippen molar-refractivity contribution in [2.45, 2.75) is 39.2 Å². The topological polar surface area (TPSA) is 23.6 Å². The van der Waals surface area contributed by atoms with E-state index in [-0.39, 0.29) is 5.92 Å². The maximum atomic E-state index is 12.6. The van der Waals surface area contributed by atoms with Gasteiger partial charge in [0.1, 0.15) is 0 Å². The fourth-order valence-corrected chi connectivity index (χ4v) is 3.67. The van der Waals surface area contributed by atoms with Crippen molar-refractivity contribution in [1.82, 2.24) is 9.80 Å². The van der Waals surface area contributed by atoms with Gasteiger partial charge in [0.25, 0.3) is 0 Å². The van der Waals surface area contributed by atoms with E-state index in [4.69, 9.17) is 0 Å². The lowest BCUT2D eigenvalue weighted by atomic mass is 9.96. The van der Waals surface area contributed by atoms with Crippen LogP contribution in [0.1, 0.15) is 36.8 Å². The molecule has 21 heavy (non-hydrogen) atoms. The van der Waals surface area contributed by atoms with Crippen LogP contribution in [0.2, 0.25) is 0 Å². The zero-order valence-corrected chi connectivity index (χ0v) is 13.1. The van der Waals surface area contributed by atoms with Gasteiger partial charge < -0.3 is 4.90 Å². The average molecular weight is 286 g/mol. The number of likely N-dealkylation sites (tertiary alicyclic amines) is 2. The first-order chi connectivity index (χ1) is 10.2. The van der Waals surface area contributed by atoms with Crippen LogP contribution in [0.5, 0.6) is 0 Å². The second kappa shape index (κ2) is 6.61. The van der Waals surface area contributed by atoms with E-state index in [0.29, 0.717) is 5.91 Å². The van der Waals surface area contributed by atoms with Gasteiger partial charge in [0.15, 0.2) is 0 Å². The molecular weight excluding hydrogens is 260 g/mol. The lowest BCUT2D eigenvalue weighted by molar-refractivity contribution is -0.136. The van der Waals surface area contributed by atoms with Crippen LogP contribution >= 0.6 is 0 Å². The fourth-order valence-electron chi connectivity index (χ4n) is 3.67. The summed E-state index contributed by atoms with van der Waals surface area (Å²) < 4.78 is 0. The molecule has 3 nitrogen and oxygen atoms in total. The molecule has 3 rings (SSSR count). The second-order valence-electron chi connectivity index (χ2n) is 6.60. The largest absolute Gasteiger partial charge is 0.342 e. The minimum atomic E-state index is 0.224. The Morgan fingerprint density at radius 2 is 2.00 bits per heavy atom. The van der Waals surface area contributed by atoms with Crippen LogP contribution in [0.4, 0.5) is 0 Å². The van der Waals surface area contributed by atoms with Gasteiger partial charge in [0, 0.05) is 26.2 Å². The zero-order chi connectivity index (χ0) is 14.7. The molecule has 1 amide bonds. The number of hydrogen-bond donors (Lipinski definition) is 0. The lowest BCUT2D eigenvalue weighted by Gasteiger charge is -2.34. The van der Waals surface area contributed by atoms with Gasteiger partial charge in [-0.15, -0.1) is 0 Å². The highest BCUT2D eigenvalue weighted by atomic mass is 16.2. The third-order valence-electron chi connectivity index (χ3n) is 4.76. The summed E-state index contributed by atoms with van der Waals surface area (Å²) >= 11 is 0. The average Bonchev–Trinajstić information content (AvgIpc) is 3.01. The van der Waals surface area contributed by atoms with Gasteiger partial charge in [0.05, 0.1) is 5.92 Å². The molecule has 0 saturated carbocycles. The molecule has 2 saturated heterocycles. The number of carbonyl (C=O) groups excluding carboxylic acids is 1. The van der Waals surface area contributed by atoms with E-state index in [0.717, 1.165) is 45.6 Å². The Labute approximate surface area is 127 Å². The third kappa shape index (κ3) is 3.65. The summed E-state index contributed by atoms with van der Waals surface area (Å²) in [6, 6.07) is 8.71. The summed E-state index contributed by atoms with van der Waals surface area (Å²) in [6.45, 7) is 7.13. The van der Waals surface area contributed by atoms with Gasteiger partial charge in [0.2, 0.25) is 5.91 Å². The summed E-state index contributed by atoms with van der Waals surface area (Å²) in [5.41, 5.74) is 2.68. The minimum Gasteiger partial charge on any atom is -0.342 e. The molecule has 3 heteroatoms. The van der Waals surface area contributed by atoms with E-state index < -0.39 is 0 Å². The standard InChI is InChI=1S/C18H26N2O/c1-15-6-4-7-16(12-15)13-19-9-5-8-17(14-19)18(21)20-10-2-3-11-20/h4,6-7,12,17H,2-3,5,8-11,13-14H2,1H3/t17-/m1/s1. The molecule has 0 radical (unpaired) electrons. The molecule has 1 aromatic rings. The third-order valence-corrected chi connectivity index (χ3v) is 4.76. The van der Waals surface area contributed by atoms with Gasteiger partial charge in [-0.1, -0.05) is 29.8 Å². The van der Waals surface area contributed by atoms with Crippen molar-refractivity contribution in [3.63, 3.8) is 0 Å². The quantitative estimate of drug-likeness (QED) is 0.853. The first-order valence-corrected chi connectivity index (χ1v) is 8.29. The minimum absolute atomic E-state index is 0.224. The highest BCUT2D eigenvalue weighted by Gasteiger charge is 2.30. The van der Waals surface area contributed by atoms with Crippen molar-refractivity contribution in [1.29, 1.82) is 0 Å². The highest BCUT2D eigenvalue weighted by molar-refractivity contribution is 5.79. The molecule has 0 aromatic heterocycles. The number of carbonyl (C=O) groups is 1.